The van der Waals surface area contributed by atoms with Crippen molar-refractivity contribution in [3.63, 3.8) is 0 Å². The van der Waals surface area contributed by atoms with Crippen LogP contribution >= 0.6 is 11.6 Å². The van der Waals surface area contributed by atoms with E-state index in [2.05, 4.69) is 93.6 Å². The van der Waals surface area contributed by atoms with E-state index in [9.17, 15) is 28.8 Å². The third-order valence-electron chi connectivity index (χ3n) is 17.3. The average Bonchev–Trinajstić information content (AvgIpc) is 1.43. The van der Waals surface area contributed by atoms with E-state index < -0.39 is 10.8 Å². The van der Waals surface area contributed by atoms with Gasteiger partial charge in [0.25, 0.3) is 0 Å². The maximum atomic E-state index is 12.7. The summed E-state index contributed by atoms with van der Waals surface area (Å²) in [6.45, 7) is 45.5. The van der Waals surface area contributed by atoms with Gasteiger partial charge in [-0.2, -0.15) is 0 Å². The second-order valence-electron chi connectivity index (χ2n) is 32.6. The normalized spacial score (nSPS) is 13.0. The molecule has 8 aromatic rings. The molecule has 0 radical (unpaired) electrons. The zero-order valence-electron chi connectivity index (χ0n) is 62.4. The number of halogens is 1. The number of para-hydroxylation sites is 1. The predicted octanol–water partition coefficient (Wildman–Crippen LogP) is 21.9. The summed E-state index contributed by atoms with van der Waals surface area (Å²) >= 11 is 6.32. The molecule has 0 aliphatic heterocycles. The summed E-state index contributed by atoms with van der Waals surface area (Å²) in [4.78, 5) is 72.8. The molecule has 0 saturated heterocycles. The van der Waals surface area contributed by atoms with E-state index in [1.807, 2.05) is 259 Å². The van der Waals surface area contributed by atoms with Crippen molar-refractivity contribution in [2.45, 2.75) is 202 Å². The van der Waals surface area contributed by atoms with Crippen LogP contribution in [0.2, 0.25) is 5.02 Å². The number of fused-ring (bicyclic) bond motifs is 1. The molecule has 1 saturated carbocycles. The van der Waals surface area contributed by atoms with Gasteiger partial charge in [-0.05, 0) is 99.0 Å². The highest BCUT2D eigenvalue weighted by molar-refractivity contribution is 6.39. The van der Waals surface area contributed by atoms with Crippen molar-refractivity contribution in [3.05, 3.63) is 225 Å². The first-order chi connectivity index (χ1) is 43.6. The molecule has 0 atom stereocenters. The molecule has 0 unspecified atom stereocenters. The topological polar surface area (TPSA) is 112 Å². The lowest BCUT2D eigenvalue weighted by molar-refractivity contribution is -0.135. The number of Topliss-reactive ketones (excluding diaryl/α,β-unsaturated/α-hetero) is 6. The Morgan fingerprint density at radius 2 is 0.842 bits per heavy atom. The first kappa shape index (κ1) is 79.9. The van der Waals surface area contributed by atoms with Crippen LogP contribution in [0.15, 0.2) is 170 Å². The Balaban J connectivity index is 0.000000244. The number of ketones is 6. The van der Waals surface area contributed by atoms with Crippen LogP contribution in [0.5, 0.6) is 0 Å². The number of hydrogen-bond donors (Lipinski definition) is 0. The first-order valence-corrected chi connectivity index (χ1v) is 34.0. The third kappa shape index (κ3) is 22.5. The van der Waals surface area contributed by atoms with Gasteiger partial charge in [0.2, 0.25) is 0 Å². The molecule has 1 aliphatic carbocycles. The van der Waals surface area contributed by atoms with Crippen molar-refractivity contribution in [2.75, 3.05) is 0 Å². The van der Waals surface area contributed by atoms with E-state index >= 15 is 0 Å². The number of aryl methyl sites for hydroxylation is 5. The van der Waals surface area contributed by atoms with Crippen LogP contribution in [0.25, 0.3) is 22.0 Å². The van der Waals surface area contributed by atoms with Crippen molar-refractivity contribution >= 4 is 57.2 Å². The molecule has 0 spiro atoms. The maximum Gasteiger partial charge on any atom is 0.186 e. The predicted molar refractivity (Wildman–Crippen MR) is 400 cm³/mol. The lowest BCUT2D eigenvalue weighted by atomic mass is 9.57. The number of nitrogens with zero attached hydrogens (tertiary/aromatic N) is 2. The summed E-state index contributed by atoms with van der Waals surface area (Å²) in [6, 6.07) is 55.0. The number of aromatic nitrogens is 2. The van der Waals surface area contributed by atoms with Gasteiger partial charge in [-0.25, -0.2) is 0 Å². The SMILES string of the molecule is CC(C)(C)C(=O)Cc1ccc(-c2ccccc2)cc1.Cc1ccc(C(C)(C)C(=O)C(C)(C)C)cc1.Cc1ccc(C2(C(=O)C(C)(C)C)CCC2)cc1.Cc1ccc(CC(=O)C(C)(C)C)cc1.Cn1c(C(=O)C(C)(C)C)c(Cl)c2ccccc21.Cn1cccc1C(=O)C(C)(C)C. The number of rotatable bonds is 11. The molecule has 2 aromatic heterocycles. The minimum absolute atomic E-state index is 0.0706. The standard InChI is InChI=1S/C18H20O.C16H22O.C15H22O.C14H16ClNO.C13H18O.C10H15NO/c1-18(2,3)17(19)13-14-9-11-16(12-10-14)15-7-5-4-6-8-15;1-12-6-8-13(9-7-12)16(10-5-11-16)14(17)15(2,3)4;1-11-7-9-12(10-8-11)15(5,6)13(16)14(2,3)4;1-14(2,3)13(17)12-11(15)9-7-5-6-8-10(9)16(12)4;1-10-5-7-11(8-6-10)9-12(14)13(2,3)4;1-10(2,3)9(12)8-6-5-7-11(8)4/h4-12H,13H2,1-3H3;6-9H,5,10-11H2,1-4H3;7-10H,1-6H3;5-8H,1-4H3;5-8H,9H2,1-4H3;5-7H,1-4H3. The monoisotopic (exact) mass is 1300 g/mol. The molecule has 1 aliphatic rings. The average molecular weight is 1310 g/mol. The fraction of sp³-hybridized carbons (Fsp3) is 0.442. The van der Waals surface area contributed by atoms with E-state index in [1.54, 1.807) is 0 Å². The fourth-order valence-corrected chi connectivity index (χ4v) is 11.3. The van der Waals surface area contributed by atoms with Crippen LogP contribution < -0.4 is 0 Å². The summed E-state index contributed by atoms with van der Waals surface area (Å²) in [6.07, 6.45) is 6.16. The molecule has 0 bridgehead atoms. The van der Waals surface area contributed by atoms with Gasteiger partial charge in [-0.3, -0.25) is 28.8 Å². The van der Waals surface area contributed by atoms with E-state index in [0.717, 1.165) is 46.1 Å². The van der Waals surface area contributed by atoms with Crippen molar-refractivity contribution in [1.82, 2.24) is 9.13 Å². The summed E-state index contributed by atoms with van der Waals surface area (Å²) in [7, 11) is 3.77. The van der Waals surface area contributed by atoms with E-state index in [4.69, 9.17) is 11.6 Å². The minimum Gasteiger partial charge on any atom is -0.348 e. The second kappa shape index (κ2) is 32.5. The lowest BCUT2D eigenvalue weighted by Gasteiger charge is -2.44. The largest absolute Gasteiger partial charge is 0.348 e. The van der Waals surface area contributed by atoms with E-state index in [-0.39, 0.29) is 55.6 Å². The Morgan fingerprint density at radius 3 is 1.22 bits per heavy atom. The quantitative estimate of drug-likeness (QED) is 0.119. The van der Waals surface area contributed by atoms with Crippen LogP contribution in [0.3, 0.4) is 0 Å². The minimum atomic E-state index is -0.425. The molecular formula is C86H113ClN2O6. The van der Waals surface area contributed by atoms with Gasteiger partial charge in [0.05, 0.1) is 16.1 Å². The highest BCUT2D eigenvalue weighted by Crippen LogP contribution is 2.48. The number of hydrogen-bond acceptors (Lipinski definition) is 6. The molecule has 9 heteroatoms. The Hall–Kier alpha value is -7.55. The van der Waals surface area contributed by atoms with Crippen molar-refractivity contribution in [3.8, 4) is 11.1 Å². The zero-order valence-corrected chi connectivity index (χ0v) is 63.2. The van der Waals surface area contributed by atoms with Crippen molar-refractivity contribution in [2.24, 2.45) is 46.6 Å². The van der Waals surface area contributed by atoms with Crippen molar-refractivity contribution in [1.29, 1.82) is 0 Å². The van der Waals surface area contributed by atoms with Gasteiger partial charge in [0.15, 0.2) is 11.6 Å². The Labute approximate surface area is 577 Å². The molecule has 95 heavy (non-hydrogen) atoms. The van der Waals surface area contributed by atoms with Crippen LogP contribution in [0.4, 0.5) is 0 Å². The number of carbonyl (C=O) groups is 6. The van der Waals surface area contributed by atoms with Crippen LogP contribution in [-0.2, 0) is 56.9 Å². The molecule has 0 N–H and O–H groups in total. The summed E-state index contributed by atoms with van der Waals surface area (Å²) in [5.74, 6) is 1.52. The fourth-order valence-electron chi connectivity index (χ4n) is 10.9. The Kier molecular flexibility index (Phi) is 27.3. The first-order valence-electron chi connectivity index (χ1n) is 33.6. The maximum absolute atomic E-state index is 12.7. The molecule has 9 rings (SSSR count). The van der Waals surface area contributed by atoms with Crippen LogP contribution in [0.1, 0.15) is 218 Å². The summed E-state index contributed by atoms with van der Waals surface area (Å²) in [5.41, 5.74) is 10.6. The van der Waals surface area contributed by atoms with Gasteiger partial charge in [0.1, 0.15) is 28.8 Å². The van der Waals surface area contributed by atoms with Gasteiger partial charge >= 0.3 is 0 Å². The van der Waals surface area contributed by atoms with E-state index in [0.29, 0.717) is 35.1 Å². The molecule has 8 nitrogen and oxygen atoms in total. The third-order valence-corrected chi connectivity index (χ3v) is 17.7. The molecule has 2 heterocycles. The second-order valence-corrected chi connectivity index (χ2v) is 33.0. The van der Waals surface area contributed by atoms with Crippen LogP contribution in [-0.4, -0.2) is 43.8 Å². The molecule has 0 amide bonds. The summed E-state index contributed by atoms with van der Waals surface area (Å²) in [5, 5.41) is 1.49. The highest BCUT2D eigenvalue weighted by Gasteiger charge is 2.49. The molecule has 6 aromatic carbocycles. The Bertz CT molecular complexity index is 3810. The smallest absolute Gasteiger partial charge is 0.186 e. The highest BCUT2D eigenvalue weighted by atomic mass is 35.5. The van der Waals surface area contributed by atoms with E-state index in [1.165, 1.54) is 39.8 Å². The van der Waals surface area contributed by atoms with Gasteiger partial charge < -0.3 is 9.13 Å². The van der Waals surface area contributed by atoms with Gasteiger partial charge in [-0.15, -0.1) is 0 Å². The van der Waals surface area contributed by atoms with Gasteiger partial charge in [-0.1, -0.05) is 305 Å². The molecular weight excluding hydrogens is 1190 g/mol. The Morgan fingerprint density at radius 1 is 0.432 bits per heavy atom. The lowest BCUT2D eigenvalue weighted by Crippen LogP contribution is -2.47. The zero-order chi connectivity index (χ0) is 72.0. The van der Waals surface area contributed by atoms with Crippen molar-refractivity contribution < 1.29 is 28.8 Å². The molecule has 510 valence electrons. The van der Waals surface area contributed by atoms with Gasteiger partial charge in [0, 0.05) is 81.9 Å². The summed E-state index contributed by atoms with van der Waals surface area (Å²) < 4.78 is 3.73. The number of carbonyl (C=O) groups excluding carboxylic acids is 6. The molecule has 1 fully saturated rings. The van der Waals surface area contributed by atoms with Crippen LogP contribution in [0, 0.1) is 53.3 Å². The number of benzene rings is 6.